The van der Waals surface area contributed by atoms with Crippen molar-refractivity contribution in [1.29, 1.82) is 0 Å². The van der Waals surface area contributed by atoms with Crippen molar-refractivity contribution < 1.29 is 14.3 Å². The first-order valence-electron chi connectivity index (χ1n) is 9.76. The largest absolute Gasteiger partial charge is 0.462 e. The Kier molecular flexibility index (Phi) is 6.20. The SMILES string of the molecule is CCOC(=O)c1c(NC(=O)c2ccc(C)cc2C)sc2c1CCN(C(C)C)C2. The second-order valence-corrected chi connectivity index (χ2v) is 8.62. The first-order valence-corrected chi connectivity index (χ1v) is 10.6. The zero-order valence-corrected chi connectivity index (χ0v) is 18.0. The molecular formula is C22H28N2O3S. The van der Waals surface area contributed by atoms with Gasteiger partial charge in [-0.3, -0.25) is 9.69 Å². The number of thiophene rings is 1. The molecule has 0 aliphatic carbocycles. The van der Waals surface area contributed by atoms with Gasteiger partial charge in [0.15, 0.2) is 0 Å². The fourth-order valence-electron chi connectivity index (χ4n) is 3.61. The third-order valence-electron chi connectivity index (χ3n) is 5.15. The Bertz CT molecular complexity index is 901. The number of amides is 1. The van der Waals surface area contributed by atoms with E-state index in [0.717, 1.165) is 41.1 Å². The number of hydrogen-bond donors (Lipinski definition) is 1. The highest BCUT2D eigenvalue weighted by molar-refractivity contribution is 7.17. The number of benzene rings is 1. The lowest BCUT2D eigenvalue weighted by Crippen LogP contribution is -2.35. The van der Waals surface area contributed by atoms with E-state index in [2.05, 4.69) is 24.1 Å². The molecule has 0 saturated carbocycles. The van der Waals surface area contributed by atoms with Crippen LogP contribution in [0.4, 0.5) is 5.00 Å². The molecule has 1 amide bonds. The lowest BCUT2D eigenvalue weighted by atomic mass is 10.0. The van der Waals surface area contributed by atoms with Crippen molar-refractivity contribution in [3.05, 3.63) is 50.9 Å². The number of ether oxygens (including phenoxy) is 1. The van der Waals surface area contributed by atoms with Gasteiger partial charge in [-0.1, -0.05) is 17.7 Å². The molecule has 0 bridgehead atoms. The Balaban J connectivity index is 1.95. The summed E-state index contributed by atoms with van der Waals surface area (Å²) in [5.74, 6) is -0.545. The van der Waals surface area contributed by atoms with Crippen molar-refractivity contribution in [1.82, 2.24) is 4.90 Å². The number of rotatable bonds is 5. The van der Waals surface area contributed by atoms with Crippen molar-refractivity contribution in [3.63, 3.8) is 0 Å². The van der Waals surface area contributed by atoms with Gasteiger partial charge in [0.05, 0.1) is 12.2 Å². The molecule has 0 unspecified atom stereocenters. The van der Waals surface area contributed by atoms with Gasteiger partial charge in [0.25, 0.3) is 5.91 Å². The molecule has 150 valence electrons. The summed E-state index contributed by atoms with van der Waals surface area (Å²) in [6.45, 7) is 12.1. The minimum absolute atomic E-state index is 0.192. The molecule has 1 aliphatic rings. The van der Waals surface area contributed by atoms with Crippen LogP contribution in [0.15, 0.2) is 18.2 Å². The predicted molar refractivity (Wildman–Crippen MR) is 113 cm³/mol. The molecule has 1 N–H and O–H groups in total. The molecule has 2 aromatic rings. The zero-order chi connectivity index (χ0) is 20.4. The first-order chi connectivity index (χ1) is 13.3. The van der Waals surface area contributed by atoms with E-state index in [1.807, 2.05) is 32.0 Å². The average Bonchev–Trinajstić information content (AvgIpc) is 2.98. The highest BCUT2D eigenvalue weighted by Crippen LogP contribution is 2.38. The van der Waals surface area contributed by atoms with Gasteiger partial charge in [-0.15, -0.1) is 11.3 Å². The molecule has 6 heteroatoms. The van der Waals surface area contributed by atoms with Gasteiger partial charge in [0, 0.05) is 29.6 Å². The molecule has 2 heterocycles. The summed E-state index contributed by atoms with van der Waals surface area (Å²) in [5.41, 5.74) is 4.21. The minimum Gasteiger partial charge on any atom is -0.462 e. The lowest BCUT2D eigenvalue weighted by molar-refractivity contribution is 0.0526. The summed E-state index contributed by atoms with van der Waals surface area (Å²) < 4.78 is 5.30. The van der Waals surface area contributed by atoms with Crippen molar-refractivity contribution >= 4 is 28.2 Å². The molecule has 0 radical (unpaired) electrons. The summed E-state index contributed by atoms with van der Waals surface area (Å²) in [5, 5.41) is 3.58. The van der Waals surface area contributed by atoms with Gasteiger partial charge in [-0.05, 0) is 58.2 Å². The van der Waals surface area contributed by atoms with Crippen LogP contribution in [-0.4, -0.2) is 36.0 Å². The van der Waals surface area contributed by atoms with Crippen molar-refractivity contribution in [2.24, 2.45) is 0 Å². The smallest absolute Gasteiger partial charge is 0.341 e. The van der Waals surface area contributed by atoms with Gasteiger partial charge < -0.3 is 10.1 Å². The minimum atomic E-state index is -0.353. The van der Waals surface area contributed by atoms with Crippen LogP contribution in [0.5, 0.6) is 0 Å². The molecule has 1 aliphatic heterocycles. The summed E-state index contributed by atoms with van der Waals surface area (Å²) in [7, 11) is 0. The van der Waals surface area contributed by atoms with E-state index >= 15 is 0 Å². The normalized spacial score (nSPS) is 14.1. The second kappa shape index (κ2) is 8.45. The molecular weight excluding hydrogens is 372 g/mol. The lowest BCUT2D eigenvalue weighted by Gasteiger charge is -2.30. The molecule has 0 fully saturated rings. The van der Waals surface area contributed by atoms with Crippen LogP contribution in [0, 0.1) is 13.8 Å². The maximum Gasteiger partial charge on any atom is 0.341 e. The summed E-state index contributed by atoms with van der Waals surface area (Å²) in [6, 6.07) is 6.18. The topological polar surface area (TPSA) is 58.6 Å². The molecule has 0 atom stereocenters. The van der Waals surface area contributed by atoms with Crippen LogP contribution >= 0.6 is 11.3 Å². The third-order valence-corrected chi connectivity index (χ3v) is 6.28. The number of hydrogen-bond acceptors (Lipinski definition) is 5. The predicted octanol–water partition coefficient (Wildman–Crippen LogP) is 4.56. The van der Waals surface area contributed by atoms with Gasteiger partial charge in [0.2, 0.25) is 0 Å². The third kappa shape index (κ3) is 4.13. The van der Waals surface area contributed by atoms with E-state index in [4.69, 9.17) is 4.74 Å². The molecule has 1 aromatic heterocycles. The fourth-order valence-corrected chi connectivity index (χ4v) is 4.87. The monoisotopic (exact) mass is 400 g/mol. The summed E-state index contributed by atoms with van der Waals surface area (Å²) in [4.78, 5) is 29.1. The molecule has 3 rings (SSSR count). The van der Waals surface area contributed by atoms with Gasteiger partial charge in [0.1, 0.15) is 5.00 Å². The van der Waals surface area contributed by atoms with Crippen LogP contribution in [-0.2, 0) is 17.7 Å². The van der Waals surface area contributed by atoms with Crippen molar-refractivity contribution in [2.45, 2.75) is 53.6 Å². The van der Waals surface area contributed by atoms with E-state index < -0.39 is 0 Å². The van der Waals surface area contributed by atoms with E-state index in [1.165, 1.54) is 11.3 Å². The number of fused-ring (bicyclic) bond motifs is 1. The van der Waals surface area contributed by atoms with Gasteiger partial charge >= 0.3 is 5.97 Å². The molecule has 28 heavy (non-hydrogen) atoms. The summed E-state index contributed by atoms with van der Waals surface area (Å²) >= 11 is 1.49. The van der Waals surface area contributed by atoms with E-state index in [-0.39, 0.29) is 11.9 Å². The number of aryl methyl sites for hydroxylation is 2. The number of nitrogens with one attached hydrogen (secondary N) is 1. The van der Waals surface area contributed by atoms with Crippen LogP contribution in [0.3, 0.4) is 0 Å². The van der Waals surface area contributed by atoms with Crippen LogP contribution in [0.2, 0.25) is 0 Å². The number of anilines is 1. The quantitative estimate of drug-likeness (QED) is 0.748. The number of esters is 1. The Morgan fingerprint density at radius 1 is 1.29 bits per heavy atom. The molecule has 0 spiro atoms. The van der Waals surface area contributed by atoms with Crippen molar-refractivity contribution in [3.8, 4) is 0 Å². The van der Waals surface area contributed by atoms with Crippen LogP contribution in [0.25, 0.3) is 0 Å². The average molecular weight is 401 g/mol. The fraction of sp³-hybridized carbons (Fsp3) is 0.455. The Morgan fingerprint density at radius 3 is 2.68 bits per heavy atom. The van der Waals surface area contributed by atoms with E-state index in [1.54, 1.807) is 6.92 Å². The standard InChI is InChI=1S/C22H28N2O3S/c1-6-27-22(26)19-17-9-10-24(13(2)3)12-18(17)28-21(19)23-20(25)16-8-7-14(4)11-15(16)5/h7-8,11,13H,6,9-10,12H2,1-5H3,(H,23,25). The van der Waals surface area contributed by atoms with Crippen LogP contribution < -0.4 is 5.32 Å². The summed E-state index contributed by atoms with van der Waals surface area (Å²) in [6.07, 6.45) is 0.789. The van der Waals surface area contributed by atoms with Gasteiger partial charge in [-0.2, -0.15) is 0 Å². The van der Waals surface area contributed by atoms with Crippen LogP contribution in [0.1, 0.15) is 63.1 Å². The zero-order valence-electron chi connectivity index (χ0n) is 17.2. The van der Waals surface area contributed by atoms with Gasteiger partial charge in [-0.25, -0.2) is 4.79 Å². The van der Waals surface area contributed by atoms with E-state index in [9.17, 15) is 9.59 Å². The molecule has 5 nitrogen and oxygen atoms in total. The maximum absolute atomic E-state index is 12.9. The Morgan fingerprint density at radius 2 is 2.04 bits per heavy atom. The number of nitrogens with zero attached hydrogens (tertiary/aromatic N) is 1. The number of carbonyl (C=O) groups excluding carboxylic acids is 2. The highest BCUT2D eigenvalue weighted by atomic mass is 32.1. The first kappa shape index (κ1) is 20.6. The van der Waals surface area contributed by atoms with E-state index in [0.29, 0.717) is 28.8 Å². The second-order valence-electron chi connectivity index (χ2n) is 7.52. The highest BCUT2D eigenvalue weighted by Gasteiger charge is 2.30. The molecule has 1 aromatic carbocycles. The molecule has 0 saturated heterocycles. The number of carbonyl (C=O) groups is 2. The van der Waals surface area contributed by atoms with Crippen molar-refractivity contribution in [2.75, 3.05) is 18.5 Å². The Hall–Kier alpha value is -2.18. The Labute approximate surface area is 170 Å². The maximum atomic E-state index is 12.9.